The van der Waals surface area contributed by atoms with Gasteiger partial charge in [0.2, 0.25) is 5.13 Å². The summed E-state index contributed by atoms with van der Waals surface area (Å²) in [6, 6.07) is 17.7. The number of benzene rings is 2. The Labute approximate surface area is 197 Å². The summed E-state index contributed by atoms with van der Waals surface area (Å²) in [5.41, 5.74) is 4.00. The van der Waals surface area contributed by atoms with Gasteiger partial charge in [0, 0.05) is 22.4 Å². The molecule has 0 unspecified atom stereocenters. The van der Waals surface area contributed by atoms with E-state index in [1.165, 1.54) is 4.88 Å². The van der Waals surface area contributed by atoms with E-state index in [2.05, 4.69) is 23.6 Å². The maximum atomic E-state index is 6.19. The minimum absolute atomic E-state index is 0.0622. The minimum Gasteiger partial charge on any atom is -0.231 e. The first kappa shape index (κ1) is 20.0. The van der Waals surface area contributed by atoms with Crippen molar-refractivity contribution in [2.75, 3.05) is 5.01 Å². The van der Waals surface area contributed by atoms with Gasteiger partial charge in [0.1, 0.15) is 0 Å². The van der Waals surface area contributed by atoms with Crippen LogP contribution in [0.25, 0.3) is 11.3 Å². The maximum Gasteiger partial charge on any atom is 0.207 e. The summed E-state index contributed by atoms with van der Waals surface area (Å²) < 4.78 is 0. The van der Waals surface area contributed by atoms with E-state index in [1.54, 1.807) is 28.7 Å². The Balaban J connectivity index is 1.53. The van der Waals surface area contributed by atoms with Gasteiger partial charge in [-0.15, -0.1) is 22.7 Å². The molecule has 3 nitrogen and oxygen atoms in total. The molecule has 1 aliphatic rings. The van der Waals surface area contributed by atoms with Crippen LogP contribution in [0.15, 0.2) is 70.5 Å². The highest BCUT2D eigenvalue weighted by molar-refractivity contribution is 7.14. The second kappa shape index (κ2) is 8.33. The van der Waals surface area contributed by atoms with Crippen LogP contribution in [0.3, 0.4) is 0 Å². The number of rotatable bonds is 4. The van der Waals surface area contributed by atoms with Crippen LogP contribution in [0, 0.1) is 0 Å². The van der Waals surface area contributed by atoms with Crippen molar-refractivity contribution in [3.8, 4) is 11.3 Å². The average Bonchev–Trinajstić information content (AvgIpc) is 3.50. The Morgan fingerprint density at radius 3 is 2.50 bits per heavy atom. The van der Waals surface area contributed by atoms with Crippen LogP contribution in [0.1, 0.15) is 22.9 Å². The van der Waals surface area contributed by atoms with Gasteiger partial charge in [-0.05, 0) is 41.3 Å². The number of hydrogen-bond donors (Lipinski definition) is 0. The molecule has 1 atom stereocenters. The van der Waals surface area contributed by atoms with Crippen molar-refractivity contribution < 1.29 is 0 Å². The largest absolute Gasteiger partial charge is 0.231 e. The Hall–Kier alpha value is -1.89. The lowest BCUT2D eigenvalue weighted by Gasteiger charge is -2.21. The quantitative estimate of drug-likeness (QED) is 0.288. The fourth-order valence-electron chi connectivity index (χ4n) is 3.38. The molecule has 0 saturated heterocycles. The fourth-order valence-corrected chi connectivity index (χ4v) is 5.36. The second-order valence-corrected chi connectivity index (χ2v) is 9.82. The smallest absolute Gasteiger partial charge is 0.207 e. The van der Waals surface area contributed by atoms with Crippen molar-refractivity contribution in [2.45, 2.75) is 12.5 Å². The van der Waals surface area contributed by atoms with Crippen LogP contribution in [0.4, 0.5) is 5.13 Å². The first-order valence-electron chi connectivity index (χ1n) is 9.15. The van der Waals surface area contributed by atoms with Crippen molar-refractivity contribution in [1.29, 1.82) is 0 Å². The number of anilines is 1. The van der Waals surface area contributed by atoms with Crippen LogP contribution in [0.2, 0.25) is 15.1 Å². The number of thiophene rings is 1. The molecule has 0 N–H and O–H groups in total. The Bertz CT molecular complexity index is 1220. The molecule has 5 rings (SSSR count). The van der Waals surface area contributed by atoms with Gasteiger partial charge in [-0.1, -0.05) is 59.1 Å². The first-order valence-corrected chi connectivity index (χ1v) is 12.0. The van der Waals surface area contributed by atoms with Gasteiger partial charge in [-0.25, -0.2) is 9.99 Å². The van der Waals surface area contributed by atoms with Gasteiger partial charge < -0.3 is 0 Å². The molecule has 150 valence electrons. The van der Waals surface area contributed by atoms with E-state index in [1.807, 2.05) is 40.7 Å². The Kier molecular flexibility index (Phi) is 5.56. The van der Waals surface area contributed by atoms with Crippen molar-refractivity contribution in [1.82, 2.24) is 4.98 Å². The zero-order valence-corrected chi connectivity index (χ0v) is 19.3. The summed E-state index contributed by atoms with van der Waals surface area (Å²) in [5, 5.41) is 13.7. The molecule has 0 amide bonds. The molecule has 30 heavy (non-hydrogen) atoms. The third-order valence-electron chi connectivity index (χ3n) is 4.87. The van der Waals surface area contributed by atoms with Crippen LogP contribution in [0.5, 0.6) is 0 Å². The molecule has 0 radical (unpaired) electrons. The summed E-state index contributed by atoms with van der Waals surface area (Å²) in [4.78, 5) is 6.03. The lowest BCUT2D eigenvalue weighted by molar-refractivity contribution is 0.706. The van der Waals surface area contributed by atoms with Crippen molar-refractivity contribution in [3.63, 3.8) is 0 Å². The number of nitrogens with zero attached hydrogens (tertiary/aromatic N) is 3. The summed E-state index contributed by atoms with van der Waals surface area (Å²) in [5.74, 6) is 0. The normalized spacial score (nSPS) is 16.2. The molecule has 2 aromatic carbocycles. The van der Waals surface area contributed by atoms with Crippen LogP contribution >= 0.6 is 57.5 Å². The molecule has 3 heterocycles. The number of hydrazone groups is 1. The molecule has 8 heteroatoms. The number of thiazole rings is 1. The van der Waals surface area contributed by atoms with Gasteiger partial charge in [0.25, 0.3) is 0 Å². The summed E-state index contributed by atoms with van der Waals surface area (Å²) in [6.45, 7) is 0. The lowest BCUT2D eigenvalue weighted by atomic mass is 10.0. The van der Waals surface area contributed by atoms with Gasteiger partial charge in [-0.3, -0.25) is 0 Å². The minimum atomic E-state index is 0.0622. The molecular weight excluding hydrogens is 477 g/mol. The second-order valence-electron chi connectivity index (χ2n) is 6.78. The Morgan fingerprint density at radius 1 is 0.933 bits per heavy atom. The summed E-state index contributed by atoms with van der Waals surface area (Å²) in [6.07, 6.45) is 0.809. The highest BCUT2D eigenvalue weighted by Gasteiger charge is 2.32. The number of halogens is 3. The van der Waals surface area contributed by atoms with E-state index in [9.17, 15) is 0 Å². The molecule has 0 spiro atoms. The summed E-state index contributed by atoms with van der Waals surface area (Å²) in [7, 11) is 0. The average molecular weight is 491 g/mol. The molecule has 0 bridgehead atoms. The van der Waals surface area contributed by atoms with E-state index >= 15 is 0 Å². The molecule has 0 aliphatic carbocycles. The molecular formula is C22H14Cl3N3S2. The fraction of sp³-hybridized carbons (Fsp3) is 0.0909. The molecule has 0 saturated carbocycles. The zero-order chi connectivity index (χ0) is 20.7. The molecule has 0 fully saturated rings. The predicted molar refractivity (Wildman–Crippen MR) is 130 cm³/mol. The zero-order valence-electron chi connectivity index (χ0n) is 15.4. The number of hydrogen-bond acceptors (Lipinski definition) is 5. The highest BCUT2D eigenvalue weighted by atomic mass is 35.5. The first-order chi connectivity index (χ1) is 14.6. The van der Waals surface area contributed by atoms with Crippen LogP contribution in [-0.4, -0.2) is 10.7 Å². The third kappa shape index (κ3) is 3.88. The van der Waals surface area contributed by atoms with Gasteiger partial charge in [-0.2, -0.15) is 5.10 Å². The van der Waals surface area contributed by atoms with Crippen molar-refractivity contribution in [3.05, 3.63) is 90.9 Å². The standard InChI is InChI=1S/C22H14Cl3N3S2/c23-15-6-3-13(4-7-15)20-11-18(21-2-1-9-29-21)27-28(20)22-26-19(12-30-22)14-5-8-16(24)17(25)10-14/h1-10,12,20H,11H2/t20-/m1/s1. The molecule has 1 aliphatic heterocycles. The molecule has 4 aromatic rings. The van der Waals surface area contributed by atoms with E-state index in [0.29, 0.717) is 10.0 Å². The van der Waals surface area contributed by atoms with Gasteiger partial charge in [0.05, 0.1) is 32.4 Å². The van der Waals surface area contributed by atoms with E-state index in [0.717, 1.165) is 39.1 Å². The maximum absolute atomic E-state index is 6.19. The van der Waals surface area contributed by atoms with Crippen molar-refractivity contribution >= 4 is 68.3 Å². The monoisotopic (exact) mass is 489 g/mol. The van der Waals surface area contributed by atoms with Crippen LogP contribution < -0.4 is 5.01 Å². The van der Waals surface area contributed by atoms with E-state index < -0.39 is 0 Å². The third-order valence-corrected chi connectivity index (χ3v) is 7.61. The topological polar surface area (TPSA) is 28.5 Å². The van der Waals surface area contributed by atoms with E-state index in [4.69, 9.17) is 44.9 Å². The predicted octanol–water partition coefficient (Wildman–Crippen LogP) is 8.19. The summed E-state index contributed by atoms with van der Waals surface area (Å²) >= 11 is 21.6. The van der Waals surface area contributed by atoms with Gasteiger partial charge in [0.15, 0.2) is 0 Å². The highest BCUT2D eigenvalue weighted by Crippen LogP contribution is 2.40. The van der Waals surface area contributed by atoms with Crippen molar-refractivity contribution in [2.24, 2.45) is 5.10 Å². The van der Waals surface area contributed by atoms with Crippen LogP contribution in [-0.2, 0) is 0 Å². The van der Waals surface area contributed by atoms with E-state index in [-0.39, 0.29) is 6.04 Å². The molecule has 2 aromatic heterocycles. The Morgan fingerprint density at radius 2 is 1.77 bits per heavy atom. The SMILES string of the molecule is Clc1ccc([C@H]2CC(c3cccs3)=NN2c2nc(-c3ccc(Cl)c(Cl)c3)cs2)cc1. The lowest BCUT2D eigenvalue weighted by Crippen LogP contribution is -2.18. The van der Waals surface area contributed by atoms with Gasteiger partial charge >= 0.3 is 0 Å². The number of aromatic nitrogens is 1.